The van der Waals surface area contributed by atoms with Gasteiger partial charge in [0.25, 0.3) is 0 Å². The van der Waals surface area contributed by atoms with Gasteiger partial charge in [-0.2, -0.15) is 0 Å². The summed E-state index contributed by atoms with van der Waals surface area (Å²) in [6.07, 6.45) is 2.26. The van der Waals surface area contributed by atoms with E-state index >= 15 is 0 Å². The fraction of sp³-hybridized carbons (Fsp3) is 0.357. The van der Waals surface area contributed by atoms with Crippen LogP contribution in [0.4, 0.5) is 0 Å². The first-order chi connectivity index (χ1) is 8.99. The summed E-state index contributed by atoms with van der Waals surface area (Å²) in [5.41, 5.74) is 2.02. The highest BCUT2D eigenvalue weighted by atomic mass is 16.6. The molecule has 0 aliphatic carbocycles. The zero-order valence-electron chi connectivity index (χ0n) is 11.1. The molecule has 0 aromatic heterocycles. The summed E-state index contributed by atoms with van der Waals surface area (Å²) in [7, 11) is 0. The lowest BCUT2D eigenvalue weighted by atomic mass is 10.1. The number of benzene rings is 1. The normalized spacial score (nSPS) is 11.2. The standard InChI is InChI=1S/C14H17NO4/c1-11-5-7-13(8-6-11)10-14(15(17)18)4-3-9-19-12(2)16/h5-8,10H,3-4,9H2,1-2H3/b14-10+. The van der Waals surface area contributed by atoms with Gasteiger partial charge in [-0.15, -0.1) is 0 Å². The van der Waals surface area contributed by atoms with Gasteiger partial charge in [0.1, 0.15) is 0 Å². The van der Waals surface area contributed by atoms with Gasteiger partial charge in [0.2, 0.25) is 5.70 Å². The highest BCUT2D eigenvalue weighted by Gasteiger charge is 2.10. The second kappa shape index (κ2) is 7.31. The Labute approximate surface area is 112 Å². The highest BCUT2D eigenvalue weighted by molar-refractivity contribution is 5.65. The molecule has 102 valence electrons. The second-order valence-electron chi connectivity index (χ2n) is 4.25. The first-order valence-electron chi connectivity index (χ1n) is 6.04. The molecule has 0 saturated carbocycles. The SMILES string of the molecule is CC(=O)OCCC/C(=C\c1ccc(C)cc1)[N+](=O)[O-]. The van der Waals surface area contributed by atoms with Crippen molar-refractivity contribution < 1.29 is 14.5 Å². The van der Waals surface area contributed by atoms with Crippen LogP contribution in [0, 0.1) is 17.0 Å². The van der Waals surface area contributed by atoms with Crippen molar-refractivity contribution in [3.8, 4) is 0 Å². The molecule has 0 aliphatic heterocycles. The molecule has 19 heavy (non-hydrogen) atoms. The van der Waals surface area contributed by atoms with E-state index in [0.717, 1.165) is 11.1 Å². The van der Waals surface area contributed by atoms with Crippen LogP contribution in [0.15, 0.2) is 30.0 Å². The monoisotopic (exact) mass is 263 g/mol. The van der Waals surface area contributed by atoms with E-state index in [1.807, 2.05) is 31.2 Å². The van der Waals surface area contributed by atoms with Gasteiger partial charge in [-0.3, -0.25) is 14.9 Å². The third-order valence-corrected chi connectivity index (χ3v) is 2.53. The molecule has 0 atom stereocenters. The smallest absolute Gasteiger partial charge is 0.302 e. The third-order valence-electron chi connectivity index (χ3n) is 2.53. The maximum Gasteiger partial charge on any atom is 0.302 e. The molecule has 0 aliphatic rings. The van der Waals surface area contributed by atoms with E-state index in [-0.39, 0.29) is 24.7 Å². The van der Waals surface area contributed by atoms with Gasteiger partial charge in [-0.1, -0.05) is 29.8 Å². The van der Waals surface area contributed by atoms with E-state index in [4.69, 9.17) is 4.74 Å². The maximum atomic E-state index is 10.9. The van der Waals surface area contributed by atoms with Crippen LogP contribution >= 0.6 is 0 Å². The Morgan fingerprint density at radius 2 is 2.00 bits per heavy atom. The topological polar surface area (TPSA) is 69.4 Å². The fourth-order valence-electron chi connectivity index (χ4n) is 1.54. The average molecular weight is 263 g/mol. The van der Waals surface area contributed by atoms with Crippen LogP contribution in [0.2, 0.25) is 0 Å². The number of carbonyl (C=O) groups is 1. The minimum Gasteiger partial charge on any atom is -0.466 e. The van der Waals surface area contributed by atoms with Crippen LogP contribution in [0.3, 0.4) is 0 Å². The summed E-state index contributed by atoms with van der Waals surface area (Å²) in [4.78, 5) is 21.1. The number of hydrogen-bond donors (Lipinski definition) is 0. The zero-order valence-corrected chi connectivity index (χ0v) is 11.1. The van der Waals surface area contributed by atoms with Crippen molar-refractivity contribution in [2.75, 3.05) is 6.61 Å². The van der Waals surface area contributed by atoms with E-state index in [2.05, 4.69) is 0 Å². The van der Waals surface area contributed by atoms with Crippen molar-refractivity contribution >= 4 is 12.0 Å². The molecule has 1 aromatic rings. The molecule has 0 spiro atoms. The Kier molecular flexibility index (Phi) is 5.73. The number of carbonyl (C=O) groups excluding carboxylic acids is 1. The number of allylic oxidation sites excluding steroid dienone is 1. The molecule has 0 bridgehead atoms. The van der Waals surface area contributed by atoms with Gasteiger partial charge in [-0.25, -0.2) is 0 Å². The number of esters is 1. The summed E-state index contributed by atoms with van der Waals surface area (Å²) in [5.74, 6) is -0.370. The Hall–Kier alpha value is -2.17. The van der Waals surface area contributed by atoms with Crippen molar-refractivity contribution in [3.63, 3.8) is 0 Å². The van der Waals surface area contributed by atoms with E-state index < -0.39 is 4.92 Å². The predicted molar refractivity (Wildman–Crippen MR) is 72.0 cm³/mol. The summed E-state index contributed by atoms with van der Waals surface area (Å²) in [6.45, 7) is 3.48. The van der Waals surface area contributed by atoms with Crippen molar-refractivity contribution in [1.82, 2.24) is 0 Å². The Morgan fingerprint density at radius 3 is 2.53 bits per heavy atom. The van der Waals surface area contributed by atoms with E-state index in [1.54, 1.807) is 6.08 Å². The molecule has 0 N–H and O–H groups in total. The lowest BCUT2D eigenvalue weighted by molar-refractivity contribution is -0.426. The summed E-state index contributed by atoms with van der Waals surface area (Å²) in [6, 6.07) is 7.49. The first-order valence-corrected chi connectivity index (χ1v) is 6.04. The average Bonchev–Trinajstić information content (AvgIpc) is 2.35. The van der Waals surface area contributed by atoms with Gasteiger partial charge in [0, 0.05) is 19.4 Å². The lowest BCUT2D eigenvalue weighted by Gasteiger charge is -2.01. The summed E-state index contributed by atoms with van der Waals surface area (Å²) >= 11 is 0. The van der Waals surface area contributed by atoms with Crippen molar-refractivity contribution in [2.24, 2.45) is 0 Å². The number of rotatable bonds is 6. The number of nitro groups is 1. The highest BCUT2D eigenvalue weighted by Crippen LogP contribution is 2.13. The minimum absolute atomic E-state index is 0.121. The molecule has 0 radical (unpaired) electrons. The number of nitrogens with zero attached hydrogens (tertiary/aromatic N) is 1. The molecule has 1 aromatic carbocycles. The second-order valence-corrected chi connectivity index (χ2v) is 4.25. The molecule has 5 nitrogen and oxygen atoms in total. The molecule has 0 heterocycles. The predicted octanol–water partition coefficient (Wildman–Crippen LogP) is 2.96. The van der Waals surface area contributed by atoms with Gasteiger partial charge in [0.05, 0.1) is 11.5 Å². The van der Waals surface area contributed by atoms with Gasteiger partial charge in [-0.05, 0) is 18.9 Å². The van der Waals surface area contributed by atoms with Crippen molar-refractivity contribution in [2.45, 2.75) is 26.7 Å². The Morgan fingerprint density at radius 1 is 1.37 bits per heavy atom. The summed E-state index contributed by atoms with van der Waals surface area (Å²) in [5, 5.41) is 10.9. The van der Waals surface area contributed by atoms with E-state index in [0.29, 0.717) is 6.42 Å². The minimum atomic E-state index is -0.395. The number of ether oxygens (including phenoxy) is 1. The van der Waals surface area contributed by atoms with Crippen LogP contribution < -0.4 is 0 Å². The summed E-state index contributed by atoms with van der Waals surface area (Å²) < 4.78 is 4.75. The lowest BCUT2D eigenvalue weighted by Crippen LogP contribution is -2.04. The van der Waals surface area contributed by atoms with Gasteiger partial charge < -0.3 is 4.74 Å². The fourth-order valence-corrected chi connectivity index (χ4v) is 1.54. The largest absolute Gasteiger partial charge is 0.466 e. The Bertz CT molecular complexity index is 477. The quantitative estimate of drug-likeness (QED) is 0.342. The van der Waals surface area contributed by atoms with Gasteiger partial charge >= 0.3 is 5.97 Å². The molecule has 0 saturated heterocycles. The van der Waals surface area contributed by atoms with Crippen LogP contribution in [-0.2, 0) is 9.53 Å². The maximum absolute atomic E-state index is 10.9. The molecule has 0 amide bonds. The molecular weight excluding hydrogens is 246 g/mol. The molecule has 0 unspecified atom stereocenters. The molecule has 0 fully saturated rings. The van der Waals surface area contributed by atoms with E-state index in [1.165, 1.54) is 6.92 Å². The molecule has 1 rings (SSSR count). The molecule has 5 heteroatoms. The van der Waals surface area contributed by atoms with Crippen LogP contribution in [0.25, 0.3) is 6.08 Å². The van der Waals surface area contributed by atoms with Crippen LogP contribution in [-0.4, -0.2) is 17.5 Å². The Balaban J connectivity index is 2.64. The van der Waals surface area contributed by atoms with Crippen LogP contribution in [0.5, 0.6) is 0 Å². The van der Waals surface area contributed by atoms with Crippen molar-refractivity contribution in [1.29, 1.82) is 0 Å². The number of aryl methyl sites for hydroxylation is 1. The third kappa shape index (κ3) is 5.81. The molecular formula is C14H17NO4. The zero-order chi connectivity index (χ0) is 14.3. The first kappa shape index (κ1) is 14.9. The van der Waals surface area contributed by atoms with Crippen LogP contribution in [0.1, 0.15) is 30.9 Å². The van der Waals surface area contributed by atoms with Gasteiger partial charge in [0.15, 0.2) is 0 Å². The number of hydrogen-bond acceptors (Lipinski definition) is 4. The van der Waals surface area contributed by atoms with Crippen molar-refractivity contribution in [3.05, 3.63) is 51.2 Å². The van der Waals surface area contributed by atoms with E-state index in [9.17, 15) is 14.9 Å².